The van der Waals surface area contributed by atoms with E-state index in [1.807, 2.05) is 36.4 Å². The highest BCUT2D eigenvalue weighted by Gasteiger charge is 2.19. The van der Waals surface area contributed by atoms with Crippen molar-refractivity contribution in [3.05, 3.63) is 100 Å². The van der Waals surface area contributed by atoms with Crippen LogP contribution in [0.15, 0.2) is 84.0 Å². The SMILES string of the molecule is NC(=O)c1ccc(-c2cc3ccc(/C(=N/O)c4cc(CC(=O)NO)c(-c5cccc(O)c5)s4)cc3[nH]2)cc1. The lowest BCUT2D eigenvalue weighted by Gasteiger charge is -2.04. The summed E-state index contributed by atoms with van der Waals surface area (Å²) in [7, 11) is 0. The molecule has 0 spiro atoms. The lowest BCUT2D eigenvalue weighted by molar-refractivity contribution is -0.128. The quantitative estimate of drug-likeness (QED) is 0.0787. The van der Waals surface area contributed by atoms with Gasteiger partial charge in [0.1, 0.15) is 11.5 Å². The first-order valence-electron chi connectivity index (χ1n) is 11.5. The second kappa shape index (κ2) is 10.2. The van der Waals surface area contributed by atoms with Gasteiger partial charge in [-0.1, -0.05) is 41.6 Å². The highest BCUT2D eigenvalue weighted by Crippen LogP contribution is 2.36. The standard InChI is InChI=1S/C28H22N4O5S/c29-28(35)16-6-4-15(5-7-16)22-11-17-8-9-18(12-23(17)30-22)26(32-37)24-13-20(14-25(34)31-36)27(38-24)19-2-1-3-21(33)10-19/h1-13,30,33,36-37H,14H2,(H2,29,35)(H,31,34)/b32-26-. The van der Waals surface area contributed by atoms with Gasteiger partial charge < -0.3 is 21.0 Å². The lowest BCUT2D eigenvalue weighted by Crippen LogP contribution is -2.20. The number of H-pyrrole nitrogens is 1. The number of amides is 2. The number of aromatic amines is 1. The monoisotopic (exact) mass is 526 g/mol. The zero-order valence-electron chi connectivity index (χ0n) is 19.8. The van der Waals surface area contributed by atoms with E-state index in [4.69, 9.17) is 10.9 Å². The van der Waals surface area contributed by atoms with Gasteiger partial charge in [0.15, 0.2) is 0 Å². The summed E-state index contributed by atoms with van der Waals surface area (Å²) in [6, 6.07) is 22.9. The number of phenolic OH excluding ortho intramolecular Hbond substituents is 1. The van der Waals surface area contributed by atoms with E-state index in [1.165, 1.54) is 11.3 Å². The minimum Gasteiger partial charge on any atom is -0.508 e. The summed E-state index contributed by atoms with van der Waals surface area (Å²) in [4.78, 5) is 28.0. The molecular weight excluding hydrogens is 504 g/mol. The Morgan fingerprint density at radius 2 is 1.71 bits per heavy atom. The molecule has 0 saturated carbocycles. The summed E-state index contributed by atoms with van der Waals surface area (Å²) in [5, 5.41) is 33.5. The predicted octanol–water partition coefficient (Wildman–Crippen LogP) is 4.64. The number of benzene rings is 3. The van der Waals surface area contributed by atoms with Crippen molar-refractivity contribution in [2.45, 2.75) is 6.42 Å². The zero-order chi connectivity index (χ0) is 26.8. The molecule has 0 aliphatic rings. The smallest absolute Gasteiger partial charge is 0.248 e. The van der Waals surface area contributed by atoms with Gasteiger partial charge in [0.05, 0.1) is 11.3 Å². The first-order valence-corrected chi connectivity index (χ1v) is 12.3. The number of rotatable bonds is 7. The Hall–Kier alpha value is -4.93. The molecule has 0 aliphatic carbocycles. The Labute approximate surface area is 220 Å². The topological polar surface area (TPSA) is 161 Å². The van der Waals surface area contributed by atoms with Crippen LogP contribution in [-0.4, -0.2) is 38.0 Å². The summed E-state index contributed by atoms with van der Waals surface area (Å²) in [5.41, 5.74) is 12.2. The molecule has 0 fully saturated rings. The first kappa shape index (κ1) is 24.8. The Kier molecular flexibility index (Phi) is 6.65. The average molecular weight is 527 g/mol. The molecule has 2 heterocycles. The van der Waals surface area contributed by atoms with Gasteiger partial charge >= 0.3 is 0 Å². The second-order valence-corrected chi connectivity index (χ2v) is 9.65. The normalized spacial score (nSPS) is 11.6. The van der Waals surface area contributed by atoms with Crippen molar-refractivity contribution in [1.82, 2.24) is 10.5 Å². The number of thiophene rings is 1. The molecular formula is C28H22N4O5S. The average Bonchev–Trinajstić information content (AvgIpc) is 3.53. The van der Waals surface area contributed by atoms with Gasteiger partial charge in [-0.3, -0.25) is 14.8 Å². The molecule has 0 atom stereocenters. The molecule has 0 radical (unpaired) electrons. The van der Waals surface area contributed by atoms with E-state index < -0.39 is 11.8 Å². The third kappa shape index (κ3) is 4.85. The maximum Gasteiger partial charge on any atom is 0.248 e. The van der Waals surface area contributed by atoms with Gasteiger partial charge in [0, 0.05) is 32.6 Å². The minimum absolute atomic E-state index is 0.0725. The highest BCUT2D eigenvalue weighted by molar-refractivity contribution is 7.17. The fourth-order valence-electron chi connectivity index (χ4n) is 4.27. The molecule has 0 unspecified atom stereocenters. The molecule has 5 aromatic rings. The number of carbonyl (C=O) groups is 2. The Morgan fingerprint density at radius 3 is 2.39 bits per heavy atom. The Morgan fingerprint density at radius 1 is 0.947 bits per heavy atom. The van der Waals surface area contributed by atoms with Gasteiger partial charge in [-0.15, -0.1) is 11.3 Å². The van der Waals surface area contributed by atoms with Gasteiger partial charge in [-0.2, -0.15) is 0 Å². The van der Waals surface area contributed by atoms with Crippen LogP contribution in [0.5, 0.6) is 5.75 Å². The van der Waals surface area contributed by atoms with Crippen LogP contribution in [0.25, 0.3) is 32.6 Å². The largest absolute Gasteiger partial charge is 0.508 e. The molecule has 2 aromatic heterocycles. The molecule has 9 nitrogen and oxygen atoms in total. The van der Waals surface area contributed by atoms with Crippen molar-refractivity contribution in [1.29, 1.82) is 0 Å². The number of nitrogens with zero attached hydrogens (tertiary/aromatic N) is 1. The third-order valence-corrected chi connectivity index (χ3v) is 7.34. The fraction of sp³-hybridized carbons (Fsp3) is 0.0357. The summed E-state index contributed by atoms with van der Waals surface area (Å²) >= 11 is 1.30. The van der Waals surface area contributed by atoms with Crippen LogP contribution in [0, 0.1) is 0 Å². The van der Waals surface area contributed by atoms with Crippen molar-refractivity contribution in [3.63, 3.8) is 0 Å². The predicted molar refractivity (Wildman–Crippen MR) is 145 cm³/mol. The van der Waals surface area contributed by atoms with Crippen LogP contribution in [0.2, 0.25) is 0 Å². The van der Waals surface area contributed by atoms with Crippen molar-refractivity contribution in [3.8, 4) is 27.4 Å². The zero-order valence-corrected chi connectivity index (χ0v) is 20.6. The Balaban J connectivity index is 1.53. The number of hydrogen-bond acceptors (Lipinski definition) is 7. The van der Waals surface area contributed by atoms with Crippen LogP contribution < -0.4 is 11.2 Å². The number of carbonyl (C=O) groups excluding carboxylic acids is 2. The molecule has 2 amide bonds. The number of oxime groups is 1. The molecule has 0 bridgehead atoms. The first-order chi connectivity index (χ1) is 18.4. The van der Waals surface area contributed by atoms with Crippen LogP contribution in [0.4, 0.5) is 0 Å². The summed E-state index contributed by atoms with van der Waals surface area (Å²) < 4.78 is 0. The van der Waals surface area contributed by atoms with Gasteiger partial charge in [-0.05, 0) is 59.2 Å². The molecule has 0 aliphatic heterocycles. The van der Waals surface area contributed by atoms with Gasteiger partial charge in [0.25, 0.3) is 0 Å². The van der Waals surface area contributed by atoms with Crippen LogP contribution in [0.1, 0.15) is 26.4 Å². The number of fused-ring (bicyclic) bond motifs is 1. The summed E-state index contributed by atoms with van der Waals surface area (Å²) in [5.74, 6) is -1.01. The van der Waals surface area contributed by atoms with Crippen molar-refractivity contribution < 1.29 is 25.1 Å². The van der Waals surface area contributed by atoms with Crippen molar-refractivity contribution in [2.24, 2.45) is 10.9 Å². The molecule has 0 saturated heterocycles. The molecule has 3 aromatic carbocycles. The minimum atomic E-state index is -0.595. The maximum atomic E-state index is 12.0. The van der Waals surface area contributed by atoms with E-state index in [9.17, 15) is 19.9 Å². The maximum absolute atomic E-state index is 12.0. The van der Waals surface area contributed by atoms with Gasteiger partial charge in [0.2, 0.25) is 11.8 Å². The number of primary amides is 1. The second-order valence-electron chi connectivity index (χ2n) is 8.60. The van der Waals surface area contributed by atoms with E-state index in [0.29, 0.717) is 37.7 Å². The molecule has 7 N–H and O–H groups in total. The summed E-state index contributed by atoms with van der Waals surface area (Å²) in [6.07, 6.45) is -0.107. The van der Waals surface area contributed by atoms with Gasteiger partial charge in [-0.25, -0.2) is 5.48 Å². The molecule has 190 valence electrons. The number of nitrogens with two attached hydrogens (primary N) is 1. The number of phenols is 1. The number of nitrogens with one attached hydrogen (secondary N) is 2. The van der Waals surface area contributed by atoms with Crippen LogP contribution >= 0.6 is 11.3 Å². The van der Waals surface area contributed by atoms with E-state index in [-0.39, 0.29) is 12.2 Å². The molecule has 38 heavy (non-hydrogen) atoms. The number of aromatic hydroxyl groups is 1. The third-order valence-electron chi connectivity index (χ3n) is 6.10. The Bertz CT molecular complexity index is 1700. The van der Waals surface area contributed by atoms with E-state index >= 15 is 0 Å². The van der Waals surface area contributed by atoms with E-state index in [2.05, 4.69) is 10.1 Å². The van der Waals surface area contributed by atoms with Crippen molar-refractivity contribution in [2.75, 3.05) is 0 Å². The number of aromatic nitrogens is 1. The van der Waals surface area contributed by atoms with E-state index in [0.717, 1.165) is 22.2 Å². The lowest BCUT2D eigenvalue weighted by atomic mass is 10.0. The van der Waals surface area contributed by atoms with E-state index in [1.54, 1.807) is 47.9 Å². The number of hydrogen-bond donors (Lipinski definition) is 6. The highest BCUT2D eigenvalue weighted by atomic mass is 32.1. The number of hydroxylamine groups is 1. The molecule has 5 rings (SSSR count). The van der Waals surface area contributed by atoms with Crippen LogP contribution in [-0.2, 0) is 11.2 Å². The van der Waals surface area contributed by atoms with Crippen molar-refractivity contribution >= 4 is 39.8 Å². The molecule has 10 heteroatoms. The van der Waals surface area contributed by atoms with Crippen LogP contribution in [0.3, 0.4) is 0 Å². The summed E-state index contributed by atoms with van der Waals surface area (Å²) in [6.45, 7) is 0. The fourth-order valence-corrected chi connectivity index (χ4v) is 5.46.